The average molecular weight is 535 g/mol. The van der Waals surface area contributed by atoms with Crippen molar-refractivity contribution < 1.29 is 17.5 Å². The van der Waals surface area contributed by atoms with Gasteiger partial charge in [-0.25, -0.2) is 12.8 Å². The van der Waals surface area contributed by atoms with Crippen molar-refractivity contribution in [1.82, 2.24) is 10.6 Å². The van der Waals surface area contributed by atoms with E-state index < -0.39 is 15.7 Å². The number of guanidine groups is 1. The largest absolute Gasteiger partial charge is 0.497 e. The molecule has 29 heavy (non-hydrogen) atoms. The first kappa shape index (κ1) is 25.2. The Bertz CT molecular complexity index is 890. The van der Waals surface area contributed by atoms with E-state index >= 15 is 0 Å². The van der Waals surface area contributed by atoms with Crippen LogP contribution in [0.15, 0.2) is 58.4 Å². The molecular weight excluding hydrogens is 508 g/mol. The van der Waals surface area contributed by atoms with E-state index in [9.17, 15) is 12.8 Å². The van der Waals surface area contributed by atoms with Gasteiger partial charge in [0.15, 0.2) is 15.8 Å². The molecule has 2 rings (SSSR count). The Kier molecular flexibility index (Phi) is 11.0. The van der Waals surface area contributed by atoms with Crippen LogP contribution in [0.25, 0.3) is 0 Å². The lowest BCUT2D eigenvalue weighted by Gasteiger charge is -2.11. The highest BCUT2D eigenvalue weighted by molar-refractivity contribution is 14.0. The highest BCUT2D eigenvalue weighted by Crippen LogP contribution is 2.15. The van der Waals surface area contributed by atoms with E-state index in [1.54, 1.807) is 7.11 Å². The van der Waals surface area contributed by atoms with Gasteiger partial charge < -0.3 is 15.4 Å². The second-order valence-corrected chi connectivity index (χ2v) is 8.11. The molecule has 2 aromatic rings. The highest BCUT2D eigenvalue weighted by atomic mass is 127. The van der Waals surface area contributed by atoms with Crippen molar-refractivity contribution in [3.8, 4) is 5.75 Å². The number of ether oxygens (including phenoxy) is 1. The average Bonchev–Trinajstić information content (AvgIpc) is 2.68. The lowest BCUT2D eigenvalue weighted by atomic mass is 10.1. The highest BCUT2D eigenvalue weighted by Gasteiger charge is 2.18. The Morgan fingerprint density at radius 2 is 1.79 bits per heavy atom. The fraction of sp³-hybridized carbons (Fsp3) is 0.350. The lowest BCUT2D eigenvalue weighted by Crippen LogP contribution is -2.38. The zero-order valence-electron chi connectivity index (χ0n) is 16.5. The topological polar surface area (TPSA) is 79.8 Å². The normalized spacial score (nSPS) is 11.5. The fourth-order valence-corrected chi connectivity index (χ4v) is 3.75. The van der Waals surface area contributed by atoms with E-state index in [0.29, 0.717) is 19.0 Å². The van der Waals surface area contributed by atoms with E-state index in [1.807, 2.05) is 31.2 Å². The molecule has 0 unspecified atom stereocenters. The summed E-state index contributed by atoms with van der Waals surface area (Å²) in [5.74, 6) is 0.335. The Labute approximate surface area is 188 Å². The van der Waals surface area contributed by atoms with Gasteiger partial charge in [0.1, 0.15) is 16.5 Å². The van der Waals surface area contributed by atoms with Crippen LogP contribution in [-0.2, 0) is 16.3 Å². The molecular formula is C20H27FIN3O3S. The molecule has 0 saturated carbocycles. The molecule has 160 valence electrons. The van der Waals surface area contributed by atoms with Crippen molar-refractivity contribution in [3.63, 3.8) is 0 Å². The molecule has 0 aromatic heterocycles. The maximum absolute atomic E-state index is 13.7. The number of halogens is 2. The maximum Gasteiger partial charge on any atom is 0.191 e. The van der Waals surface area contributed by atoms with E-state index in [2.05, 4.69) is 15.6 Å². The number of sulfone groups is 1. The molecule has 0 radical (unpaired) electrons. The molecule has 0 amide bonds. The van der Waals surface area contributed by atoms with Gasteiger partial charge in [-0.05, 0) is 43.2 Å². The maximum atomic E-state index is 13.7. The van der Waals surface area contributed by atoms with Crippen molar-refractivity contribution >= 4 is 39.8 Å². The van der Waals surface area contributed by atoms with Crippen molar-refractivity contribution in [2.75, 3.05) is 32.5 Å². The van der Waals surface area contributed by atoms with Crippen LogP contribution in [0.4, 0.5) is 4.39 Å². The SMILES string of the molecule is CCNC(=NCCS(=O)(=O)c1ccccc1F)NCCc1ccc(OC)cc1.I. The minimum Gasteiger partial charge on any atom is -0.497 e. The Morgan fingerprint density at radius 3 is 2.41 bits per heavy atom. The molecule has 0 aliphatic carbocycles. The third-order valence-corrected chi connectivity index (χ3v) is 5.73. The van der Waals surface area contributed by atoms with Crippen LogP contribution >= 0.6 is 24.0 Å². The summed E-state index contributed by atoms with van der Waals surface area (Å²) < 4.78 is 43.4. The predicted molar refractivity (Wildman–Crippen MR) is 125 cm³/mol. The second-order valence-electron chi connectivity index (χ2n) is 6.03. The summed E-state index contributed by atoms with van der Waals surface area (Å²) in [5, 5.41) is 6.25. The molecule has 0 heterocycles. The molecule has 0 spiro atoms. The Balaban J connectivity index is 0.00000420. The van der Waals surface area contributed by atoms with Crippen molar-refractivity contribution in [1.29, 1.82) is 0 Å². The van der Waals surface area contributed by atoms with Crippen LogP contribution in [0.3, 0.4) is 0 Å². The number of nitrogens with zero attached hydrogens (tertiary/aromatic N) is 1. The second kappa shape index (κ2) is 12.6. The number of rotatable bonds is 9. The van der Waals surface area contributed by atoms with E-state index in [1.165, 1.54) is 18.2 Å². The predicted octanol–water partition coefficient (Wildman–Crippen LogP) is 3.02. The van der Waals surface area contributed by atoms with Gasteiger partial charge in [-0.1, -0.05) is 24.3 Å². The molecule has 0 aliphatic rings. The first-order valence-corrected chi connectivity index (χ1v) is 10.7. The number of benzene rings is 2. The summed E-state index contributed by atoms with van der Waals surface area (Å²) >= 11 is 0. The Morgan fingerprint density at radius 1 is 1.10 bits per heavy atom. The summed E-state index contributed by atoms with van der Waals surface area (Å²) in [5.41, 5.74) is 1.14. The van der Waals surface area contributed by atoms with E-state index in [4.69, 9.17) is 4.74 Å². The van der Waals surface area contributed by atoms with Crippen molar-refractivity contribution in [2.45, 2.75) is 18.2 Å². The summed E-state index contributed by atoms with van der Waals surface area (Å²) in [6.07, 6.45) is 0.780. The molecule has 0 bridgehead atoms. The number of aliphatic imine (C=N–C) groups is 1. The molecule has 0 fully saturated rings. The summed E-state index contributed by atoms with van der Waals surface area (Å²) in [7, 11) is -2.09. The van der Waals surface area contributed by atoms with Crippen LogP contribution in [0.1, 0.15) is 12.5 Å². The first-order valence-electron chi connectivity index (χ1n) is 9.08. The number of methoxy groups -OCH3 is 1. The fourth-order valence-electron chi connectivity index (χ4n) is 2.54. The molecule has 0 aliphatic heterocycles. The molecule has 9 heteroatoms. The molecule has 2 N–H and O–H groups in total. The van der Waals surface area contributed by atoms with E-state index in [0.717, 1.165) is 23.8 Å². The van der Waals surface area contributed by atoms with Crippen LogP contribution < -0.4 is 15.4 Å². The minimum absolute atomic E-state index is 0. The lowest BCUT2D eigenvalue weighted by molar-refractivity contribution is 0.414. The summed E-state index contributed by atoms with van der Waals surface area (Å²) in [6, 6.07) is 13.2. The van der Waals surface area contributed by atoms with Crippen molar-refractivity contribution in [2.24, 2.45) is 4.99 Å². The number of nitrogens with one attached hydrogen (secondary N) is 2. The van der Waals surface area contributed by atoms with E-state index in [-0.39, 0.29) is 41.2 Å². The van der Waals surface area contributed by atoms with Crippen LogP contribution in [0.5, 0.6) is 5.75 Å². The zero-order chi connectivity index (χ0) is 20.4. The van der Waals surface area contributed by atoms with Gasteiger partial charge in [-0.15, -0.1) is 24.0 Å². The third kappa shape index (κ3) is 8.17. The quantitative estimate of drug-likeness (QED) is 0.293. The van der Waals surface area contributed by atoms with Crippen LogP contribution in [0.2, 0.25) is 0 Å². The molecule has 0 atom stereocenters. The monoisotopic (exact) mass is 535 g/mol. The molecule has 0 saturated heterocycles. The van der Waals surface area contributed by atoms with Crippen molar-refractivity contribution in [3.05, 3.63) is 59.9 Å². The minimum atomic E-state index is -3.72. The van der Waals surface area contributed by atoms with Gasteiger partial charge in [-0.3, -0.25) is 4.99 Å². The number of hydrogen-bond donors (Lipinski definition) is 2. The standard InChI is InChI=1S/C20H26FN3O3S.HI/c1-3-22-20(23-13-12-16-8-10-17(27-2)11-9-16)24-14-15-28(25,26)19-7-5-4-6-18(19)21;/h4-11H,3,12-15H2,1-2H3,(H2,22,23,24);1H. The van der Waals surface area contributed by atoms with Gasteiger partial charge >= 0.3 is 0 Å². The van der Waals surface area contributed by atoms with Gasteiger partial charge in [0.2, 0.25) is 0 Å². The summed E-state index contributed by atoms with van der Waals surface area (Å²) in [6.45, 7) is 3.25. The van der Waals surface area contributed by atoms with Gasteiger partial charge in [-0.2, -0.15) is 0 Å². The zero-order valence-corrected chi connectivity index (χ0v) is 19.7. The number of hydrogen-bond acceptors (Lipinski definition) is 4. The molecule has 6 nitrogen and oxygen atoms in total. The van der Waals surface area contributed by atoms with Gasteiger partial charge in [0.25, 0.3) is 0 Å². The smallest absolute Gasteiger partial charge is 0.191 e. The summed E-state index contributed by atoms with van der Waals surface area (Å²) in [4.78, 5) is 4.00. The van der Waals surface area contributed by atoms with Crippen LogP contribution in [0, 0.1) is 5.82 Å². The van der Waals surface area contributed by atoms with Crippen LogP contribution in [-0.4, -0.2) is 46.9 Å². The molecule has 2 aromatic carbocycles. The van der Waals surface area contributed by atoms with Gasteiger partial charge in [0, 0.05) is 13.1 Å². The van der Waals surface area contributed by atoms with Gasteiger partial charge in [0.05, 0.1) is 19.4 Å². The third-order valence-electron chi connectivity index (χ3n) is 4.01. The first-order chi connectivity index (χ1) is 13.5. The Hall–Kier alpha value is -1.88.